The van der Waals surface area contributed by atoms with Crippen molar-refractivity contribution in [3.05, 3.63) is 22.5 Å². The third-order valence-corrected chi connectivity index (χ3v) is 2.18. The van der Waals surface area contributed by atoms with Gasteiger partial charge in [0, 0.05) is 13.6 Å². The smallest absolute Gasteiger partial charge is 0.307 e. The number of aliphatic hydroxyl groups is 1. The molecule has 100 valence electrons. The Labute approximate surface area is 104 Å². The van der Waals surface area contributed by atoms with Gasteiger partial charge >= 0.3 is 5.69 Å². The van der Waals surface area contributed by atoms with E-state index in [1.165, 1.54) is 15.8 Å². The van der Waals surface area contributed by atoms with Crippen LogP contribution in [0.1, 0.15) is 13.8 Å². The van der Waals surface area contributed by atoms with E-state index in [-0.39, 0.29) is 24.7 Å². The molecule has 18 heavy (non-hydrogen) atoms. The minimum atomic E-state index is -0.986. The van der Waals surface area contributed by atoms with Crippen molar-refractivity contribution in [2.24, 2.45) is 0 Å². The summed E-state index contributed by atoms with van der Waals surface area (Å²) in [5.41, 5.74) is -1.14. The highest BCUT2D eigenvalue weighted by atomic mass is 16.6. The zero-order chi connectivity index (χ0) is 13.9. The van der Waals surface area contributed by atoms with Gasteiger partial charge in [0.1, 0.15) is 18.9 Å². The molecule has 0 aliphatic rings. The number of nitro groups is 1. The molecule has 1 rings (SSSR count). The van der Waals surface area contributed by atoms with Gasteiger partial charge in [-0.3, -0.25) is 19.6 Å². The van der Waals surface area contributed by atoms with Crippen LogP contribution in [0.5, 0.6) is 0 Å². The summed E-state index contributed by atoms with van der Waals surface area (Å²) >= 11 is 0. The summed E-state index contributed by atoms with van der Waals surface area (Å²) in [7, 11) is 1.55. The van der Waals surface area contributed by atoms with E-state index in [4.69, 9.17) is 0 Å². The van der Waals surface area contributed by atoms with Crippen molar-refractivity contribution in [2.45, 2.75) is 26.0 Å². The maximum Gasteiger partial charge on any atom is 0.307 e. The Bertz CT molecular complexity index is 449. The zero-order valence-corrected chi connectivity index (χ0v) is 10.5. The molecular weight excluding hydrogens is 240 g/mol. The standard InChI is InChI=1S/C10H16N4O4/c1-10(2,16)7-12(3)9(15)6-13-5-8(4-11-13)14(17)18/h4-5,16H,6-7H2,1-3H3. The van der Waals surface area contributed by atoms with Gasteiger partial charge in [0.05, 0.1) is 10.5 Å². The lowest BCUT2D eigenvalue weighted by Gasteiger charge is -2.25. The molecule has 1 aromatic heterocycles. The fourth-order valence-corrected chi connectivity index (χ4v) is 1.46. The van der Waals surface area contributed by atoms with Crippen LogP contribution in [0.4, 0.5) is 5.69 Å². The first-order chi connectivity index (χ1) is 8.19. The molecular formula is C10H16N4O4. The van der Waals surface area contributed by atoms with E-state index in [0.29, 0.717) is 0 Å². The number of hydrogen-bond donors (Lipinski definition) is 1. The van der Waals surface area contributed by atoms with E-state index in [1.54, 1.807) is 20.9 Å². The summed E-state index contributed by atoms with van der Waals surface area (Å²) in [6, 6.07) is 0. The molecule has 1 N–H and O–H groups in total. The average molecular weight is 256 g/mol. The molecule has 8 heteroatoms. The van der Waals surface area contributed by atoms with Gasteiger partial charge in [-0.2, -0.15) is 5.10 Å². The number of carbonyl (C=O) groups excluding carboxylic acids is 1. The third-order valence-electron chi connectivity index (χ3n) is 2.18. The SMILES string of the molecule is CN(CC(C)(C)O)C(=O)Cn1cc([N+](=O)[O-])cn1. The quantitative estimate of drug-likeness (QED) is 0.591. The Kier molecular flexibility index (Phi) is 4.02. The highest BCUT2D eigenvalue weighted by Gasteiger charge is 2.20. The fourth-order valence-electron chi connectivity index (χ4n) is 1.46. The summed E-state index contributed by atoms with van der Waals surface area (Å²) in [5, 5.41) is 23.7. The highest BCUT2D eigenvalue weighted by molar-refractivity contribution is 5.75. The zero-order valence-electron chi connectivity index (χ0n) is 10.5. The van der Waals surface area contributed by atoms with Gasteiger partial charge in [-0.1, -0.05) is 0 Å². The highest BCUT2D eigenvalue weighted by Crippen LogP contribution is 2.08. The van der Waals surface area contributed by atoms with Gasteiger partial charge < -0.3 is 10.0 Å². The summed E-state index contributed by atoms with van der Waals surface area (Å²) < 4.78 is 1.20. The minimum Gasteiger partial charge on any atom is -0.389 e. The molecule has 0 saturated heterocycles. The molecule has 1 heterocycles. The molecule has 0 aliphatic heterocycles. The predicted octanol–water partition coefficient (Wildman–Crippen LogP) is 0.0206. The molecule has 0 spiro atoms. The Morgan fingerprint density at radius 3 is 2.72 bits per heavy atom. The van der Waals surface area contributed by atoms with Crippen LogP contribution in [0.15, 0.2) is 12.4 Å². The van der Waals surface area contributed by atoms with Crippen molar-refractivity contribution in [1.29, 1.82) is 0 Å². The normalized spacial score (nSPS) is 11.3. The van der Waals surface area contributed by atoms with Crippen molar-refractivity contribution >= 4 is 11.6 Å². The molecule has 0 radical (unpaired) electrons. The van der Waals surface area contributed by atoms with E-state index in [1.807, 2.05) is 0 Å². The molecule has 0 unspecified atom stereocenters. The molecule has 0 bridgehead atoms. The third kappa shape index (κ3) is 4.13. The first-order valence-corrected chi connectivity index (χ1v) is 5.32. The van der Waals surface area contributed by atoms with E-state index in [0.717, 1.165) is 6.20 Å². The van der Waals surface area contributed by atoms with E-state index in [9.17, 15) is 20.0 Å². The summed E-state index contributed by atoms with van der Waals surface area (Å²) in [6.45, 7) is 3.26. The second kappa shape index (κ2) is 5.13. The lowest BCUT2D eigenvalue weighted by atomic mass is 10.1. The molecule has 0 aromatic carbocycles. The van der Waals surface area contributed by atoms with Crippen LogP contribution >= 0.6 is 0 Å². The number of likely N-dealkylation sites (N-methyl/N-ethyl adjacent to an activating group) is 1. The number of nitrogens with zero attached hydrogens (tertiary/aromatic N) is 4. The van der Waals surface area contributed by atoms with Crippen molar-refractivity contribution in [1.82, 2.24) is 14.7 Å². The van der Waals surface area contributed by atoms with Gasteiger partial charge in [-0.15, -0.1) is 0 Å². The largest absolute Gasteiger partial charge is 0.389 e. The Morgan fingerprint density at radius 2 is 2.28 bits per heavy atom. The summed E-state index contributed by atoms with van der Waals surface area (Å²) in [6.07, 6.45) is 2.28. The Hall–Kier alpha value is -1.96. The number of rotatable bonds is 5. The maximum atomic E-state index is 11.8. The maximum absolute atomic E-state index is 11.8. The second-order valence-electron chi connectivity index (χ2n) is 4.72. The monoisotopic (exact) mass is 256 g/mol. The van der Waals surface area contributed by atoms with Gasteiger partial charge in [0.2, 0.25) is 5.91 Å². The van der Waals surface area contributed by atoms with Crippen LogP contribution in [0.25, 0.3) is 0 Å². The molecule has 0 fully saturated rings. The number of amides is 1. The molecule has 0 aliphatic carbocycles. The van der Waals surface area contributed by atoms with Gasteiger partial charge in [-0.05, 0) is 13.8 Å². The first kappa shape index (κ1) is 14.1. The lowest BCUT2D eigenvalue weighted by molar-refractivity contribution is -0.385. The number of aromatic nitrogens is 2. The minimum absolute atomic E-state index is 0.0968. The fraction of sp³-hybridized carbons (Fsp3) is 0.600. The predicted molar refractivity (Wildman–Crippen MR) is 62.8 cm³/mol. The molecule has 8 nitrogen and oxygen atoms in total. The molecule has 0 atom stereocenters. The van der Waals surface area contributed by atoms with Crippen LogP contribution in [0.2, 0.25) is 0 Å². The van der Waals surface area contributed by atoms with Crippen molar-refractivity contribution in [2.75, 3.05) is 13.6 Å². The van der Waals surface area contributed by atoms with Crippen LogP contribution in [-0.4, -0.2) is 49.8 Å². The van der Waals surface area contributed by atoms with Gasteiger partial charge in [0.15, 0.2) is 0 Å². The van der Waals surface area contributed by atoms with E-state index in [2.05, 4.69) is 5.10 Å². The second-order valence-corrected chi connectivity index (χ2v) is 4.72. The molecule has 0 saturated carbocycles. The molecule has 1 amide bonds. The van der Waals surface area contributed by atoms with Crippen LogP contribution in [-0.2, 0) is 11.3 Å². The van der Waals surface area contributed by atoms with Crippen molar-refractivity contribution in [3.8, 4) is 0 Å². The Morgan fingerprint density at radius 1 is 1.67 bits per heavy atom. The summed E-state index contributed by atoms with van der Waals surface area (Å²) in [5.74, 6) is -0.282. The molecule has 1 aromatic rings. The first-order valence-electron chi connectivity index (χ1n) is 5.32. The van der Waals surface area contributed by atoms with E-state index < -0.39 is 10.5 Å². The van der Waals surface area contributed by atoms with Crippen LogP contribution in [0.3, 0.4) is 0 Å². The van der Waals surface area contributed by atoms with Crippen LogP contribution in [0, 0.1) is 10.1 Å². The van der Waals surface area contributed by atoms with Gasteiger partial charge in [0.25, 0.3) is 0 Å². The number of hydrogen-bond acceptors (Lipinski definition) is 5. The van der Waals surface area contributed by atoms with Crippen LogP contribution < -0.4 is 0 Å². The average Bonchev–Trinajstić information content (AvgIpc) is 2.63. The Balaban J connectivity index is 2.61. The van der Waals surface area contributed by atoms with Crippen molar-refractivity contribution < 1.29 is 14.8 Å². The number of carbonyl (C=O) groups is 1. The van der Waals surface area contributed by atoms with E-state index >= 15 is 0 Å². The summed E-state index contributed by atoms with van der Waals surface area (Å²) in [4.78, 5) is 23.0. The topological polar surface area (TPSA) is 102 Å². The van der Waals surface area contributed by atoms with Gasteiger partial charge in [-0.25, -0.2) is 0 Å². The lowest BCUT2D eigenvalue weighted by Crippen LogP contribution is -2.41. The van der Waals surface area contributed by atoms with Crippen molar-refractivity contribution in [3.63, 3.8) is 0 Å².